The quantitative estimate of drug-likeness (QED) is 0.718. The lowest BCUT2D eigenvalue weighted by Gasteiger charge is -2.24. The number of hydrogen-bond acceptors (Lipinski definition) is 4. The molecule has 1 heterocycles. The molecule has 1 atom stereocenters. The van der Waals surface area contributed by atoms with E-state index in [4.69, 9.17) is 5.73 Å². The molecule has 0 spiro atoms. The van der Waals surface area contributed by atoms with Crippen molar-refractivity contribution in [1.82, 2.24) is 20.4 Å². The summed E-state index contributed by atoms with van der Waals surface area (Å²) in [6.07, 6.45) is 0.931. The first-order valence-corrected chi connectivity index (χ1v) is 6.57. The third-order valence-electron chi connectivity index (χ3n) is 2.88. The van der Waals surface area contributed by atoms with Gasteiger partial charge in [0, 0.05) is 18.3 Å². The molecule has 108 valence electrons. The number of aryl methyl sites for hydroxylation is 1. The number of likely N-dealkylation sites (N-methyl/N-ethyl adjacent to an activating group) is 1. The van der Waals surface area contributed by atoms with Crippen LogP contribution in [0.2, 0.25) is 0 Å². The second-order valence-electron chi connectivity index (χ2n) is 5.67. The van der Waals surface area contributed by atoms with Gasteiger partial charge in [-0.1, -0.05) is 13.8 Å². The van der Waals surface area contributed by atoms with Crippen LogP contribution in [0, 0.1) is 12.8 Å². The molecule has 1 aromatic rings. The number of carbonyl (C=O) groups is 1. The highest BCUT2D eigenvalue weighted by Crippen LogP contribution is 2.13. The molecular formula is C13H25N5O. The largest absolute Gasteiger partial charge is 0.382 e. The number of nitrogens with zero attached hydrogens (tertiary/aromatic N) is 2. The normalized spacial score (nSPS) is 13.0. The second kappa shape index (κ2) is 6.56. The number of nitrogens with one attached hydrogen (secondary N) is 2. The molecule has 0 radical (unpaired) electrons. The minimum absolute atomic E-state index is 0.108. The number of nitrogens with two attached hydrogens (primary N) is 1. The van der Waals surface area contributed by atoms with Crippen LogP contribution in [0.4, 0.5) is 5.82 Å². The lowest BCUT2D eigenvalue weighted by atomic mass is 10.0. The maximum absolute atomic E-state index is 12.3. The summed E-state index contributed by atoms with van der Waals surface area (Å²) in [6, 6.07) is 0.108. The SMILES string of the molecule is Cc1[nH]nc(N)c1C(=O)NC(CC(C)C)CN(C)C. The highest BCUT2D eigenvalue weighted by molar-refractivity contribution is 5.99. The predicted octanol–water partition coefficient (Wildman–Crippen LogP) is 1.01. The maximum Gasteiger partial charge on any atom is 0.257 e. The fraction of sp³-hybridized carbons (Fsp3) is 0.692. The van der Waals surface area contributed by atoms with Crippen molar-refractivity contribution in [2.24, 2.45) is 5.92 Å². The molecule has 0 aliphatic carbocycles. The molecule has 1 aromatic heterocycles. The van der Waals surface area contributed by atoms with E-state index in [2.05, 4.69) is 34.3 Å². The fourth-order valence-corrected chi connectivity index (χ4v) is 2.18. The zero-order valence-electron chi connectivity index (χ0n) is 12.4. The summed E-state index contributed by atoms with van der Waals surface area (Å²) in [5, 5.41) is 9.62. The summed E-state index contributed by atoms with van der Waals surface area (Å²) in [5.74, 6) is 0.618. The van der Waals surface area contributed by atoms with E-state index in [1.807, 2.05) is 14.1 Å². The Kier molecular flexibility index (Phi) is 5.35. The van der Waals surface area contributed by atoms with Gasteiger partial charge in [0.2, 0.25) is 0 Å². The van der Waals surface area contributed by atoms with Gasteiger partial charge >= 0.3 is 0 Å². The third-order valence-corrected chi connectivity index (χ3v) is 2.88. The number of aromatic amines is 1. The summed E-state index contributed by atoms with van der Waals surface area (Å²) in [4.78, 5) is 14.3. The standard InChI is InChI=1S/C13H25N5O/c1-8(2)6-10(7-18(4)5)15-13(19)11-9(3)16-17-12(11)14/h8,10H,6-7H2,1-5H3,(H,15,19)(H3,14,16,17). The monoisotopic (exact) mass is 267 g/mol. The molecule has 6 heteroatoms. The van der Waals surface area contributed by atoms with Crippen LogP contribution < -0.4 is 11.1 Å². The summed E-state index contributed by atoms with van der Waals surface area (Å²) >= 11 is 0. The molecule has 4 N–H and O–H groups in total. The molecule has 0 saturated heterocycles. The summed E-state index contributed by atoms with van der Waals surface area (Å²) < 4.78 is 0. The summed E-state index contributed by atoms with van der Waals surface area (Å²) in [7, 11) is 3.99. The Hall–Kier alpha value is -1.56. The number of H-pyrrole nitrogens is 1. The molecule has 0 aliphatic heterocycles. The number of rotatable bonds is 6. The lowest BCUT2D eigenvalue weighted by Crippen LogP contribution is -2.42. The van der Waals surface area contributed by atoms with Crippen LogP contribution in [0.1, 0.15) is 36.3 Å². The second-order valence-corrected chi connectivity index (χ2v) is 5.67. The average Bonchev–Trinajstić information content (AvgIpc) is 2.56. The van der Waals surface area contributed by atoms with Gasteiger partial charge in [0.05, 0.1) is 0 Å². The first kappa shape index (κ1) is 15.5. The Morgan fingerprint density at radius 2 is 2.11 bits per heavy atom. The van der Waals surface area contributed by atoms with Gasteiger partial charge < -0.3 is 16.0 Å². The smallest absolute Gasteiger partial charge is 0.257 e. The molecular weight excluding hydrogens is 242 g/mol. The first-order valence-electron chi connectivity index (χ1n) is 6.57. The molecule has 1 unspecified atom stereocenters. The van der Waals surface area contributed by atoms with Gasteiger partial charge in [-0.05, 0) is 33.4 Å². The Morgan fingerprint density at radius 1 is 1.47 bits per heavy atom. The number of aromatic nitrogens is 2. The molecule has 0 aliphatic rings. The van der Waals surface area contributed by atoms with E-state index in [1.165, 1.54) is 0 Å². The van der Waals surface area contributed by atoms with Crippen molar-refractivity contribution in [3.05, 3.63) is 11.3 Å². The minimum atomic E-state index is -0.156. The molecule has 0 aromatic carbocycles. The highest BCUT2D eigenvalue weighted by Gasteiger charge is 2.20. The van der Waals surface area contributed by atoms with Crippen molar-refractivity contribution < 1.29 is 4.79 Å². The van der Waals surface area contributed by atoms with E-state index >= 15 is 0 Å². The van der Waals surface area contributed by atoms with Crippen LogP contribution in [0.3, 0.4) is 0 Å². The van der Waals surface area contributed by atoms with Gasteiger partial charge in [0.1, 0.15) is 5.56 Å². The molecule has 19 heavy (non-hydrogen) atoms. The van der Waals surface area contributed by atoms with Crippen molar-refractivity contribution in [2.45, 2.75) is 33.2 Å². The van der Waals surface area contributed by atoms with Crippen molar-refractivity contribution in [2.75, 3.05) is 26.4 Å². The van der Waals surface area contributed by atoms with E-state index in [9.17, 15) is 4.79 Å². The fourth-order valence-electron chi connectivity index (χ4n) is 2.18. The number of anilines is 1. The number of carbonyl (C=O) groups excluding carboxylic acids is 1. The molecule has 0 bridgehead atoms. The third kappa shape index (κ3) is 4.55. The number of nitrogen functional groups attached to an aromatic ring is 1. The van der Waals surface area contributed by atoms with Gasteiger partial charge in [-0.25, -0.2) is 0 Å². The van der Waals surface area contributed by atoms with Gasteiger partial charge in [0.25, 0.3) is 5.91 Å². The van der Waals surface area contributed by atoms with Gasteiger partial charge in [0.15, 0.2) is 5.82 Å². The van der Waals surface area contributed by atoms with Gasteiger partial charge in [-0.2, -0.15) is 5.10 Å². The first-order chi connectivity index (χ1) is 8.81. The molecule has 0 saturated carbocycles. The maximum atomic E-state index is 12.3. The van der Waals surface area contributed by atoms with E-state index in [-0.39, 0.29) is 17.8 Å². The lowest BCUT2D eigenvalue weighted by molar-refractivity contribution is 0.0925. The molecule has 1 amide bonds. The van der Waals surface area contributed by atoms with Crippen molar-refractivity contribution in [3.63, 3.8) is 0 Å². The van der Waals surface area contributed by atoms with Crippen LogP contribution >= 0.6 is 0 Å². The zero-order valence-corrected chi connectivity index (χ0v) is 12.4. The zero-order chi connectivity index (χ0) is 14.6. The van der Waals surface area contributed by atoms with Crippen LogP contribution in [0.25, 0.3) is 0 Å². The Balaban J connectivity index is 2.75. The van der Waals surface area contributed by atoms with Crippen molar-refractivity contribution in [3.8, 4) is 0 Å². The van der Waals surface area contributed by atoms with E-state index in [1.54, 1.807) is 6.92 Å². The van der Waals surface area contributed by atoms with Gasteiger partial charge in [-0.3, -0.25) is 9.89 Å². The average molecular weight is 267 g/mol. The topological polar surface area (TPSA) is 87.0 Å². The number of hydrogen-bond donors (Lipinski definition) is 3. The molecule has 0 fully saturated rings. The Morgan fingerprint density at radius 3 is 2.53 bits per heavy atom. The predicted molar refractivity (Wildman–Crippen MR) is 77.0 cm³/mol. The van der Waals surface area contributed by atoms with Crippen LogP contribution in [0.15, 0.2) is 0 Å². The Bertz CT molecular complexity index is 395. The Labute approximate surface area is 114 Å². The molecule has 1 rings (SSSR count). The summed E-state index contributed by atoms with van der Waals surface area (Å²) in [6.45, 7) is 6.89. The van der Waals surface area contributed by atoms with Crippen molar-refractivity contribution in [1.29, 1.82) is 0 Å². The van der Waals surface area contributed by atoms with Crippen LogP contribution in [0.5, 0.6) is 0 Å². The number of amides is 1. The minimum Gasteiger partial charge on any atom is -0.382 e. The van der Waals surface area contributed by atoms with Gasteiger partial charge in [-0.15, -0.1) is 0 Å². The van der Waals surface area contributed by atoms with E-state index < -0.39 is 0 Å². The van der Waals surface area contributed by atoms with Crippen LogP contribution in [-0.4, -0.2) is 47.7 Å². The van der Waals surface area contributed by atoms with E-state index in [0.29, 0.717) is 17.2 Å². The molecule has 6 nitrogen and oxygen atoms in total. The highest BCUT2D eigenvalue weighted by atomic mass is 16.1. The van der Waals surface area contributed by atoms with E-state index in [0.717, 1.165) is 13.0 Å². The van der Waals surface area contributed by atoms with Crippen LogP contribution in [-0.2, 0) is 0 Å². The van der Waals surface area contributed by atoms with Crippen molar-refractivity contribution >= 4 is 11.7 Å². The summed E-state index contributed by atoms with van der Waals surface area (Å²) in [5.41, 5.74) is 6.86.